The van der Waals surface area contributed by atoms with Crippen molar-refractivity contribution in [3.63, 3.8) is 0 Å². The van der Waals surface area contributed by atoms with Gasteiger partial charge in [-0.15, -0.1) is 0 Å². The Morgan fingerprint density at radius 3 is 2.67 bits per heavy atom. The zero-order valence-corrected chi connectivity index (χ0v) is 14.2. The largest absolute Gasteiger partial charge is 0.366 e. The van der Waals surface area contributed by atoms with Crippen molar-refractivity contribution in [2.24, 2.45) is 0 Å². The van der Waals surface area contributed by atoms with E-state index in [1.165, 1.54) is 22.3 Å². The molecule has 0 aromatic heterocycles. The summed E-state index contributed by atoms with van der Waals surface area (Å²) in [7, 11) is 0. The summed E-state index contributed by atoms with van der Waals surface area (Å²) in [5.41, 5.74) is 5.64. The maximum Gasteiger partial charge on any atom is 0.0923 e. The summed E-state index contributed by atoms with van der Waals surface area (Å²) in [4.78, 5) is 0. The van der Waals surface area contributed by atoms with E-state index in [9.17, 15) is 0 Å². The van der Waals surface area contributed by atoms with Crippen molar-refractivity contribution in [1.29, 1.82) is 0 Å². The van der Waals surface area contributed by atoms with Gasteiger partial charge in [-0.25, -0.2) is 0 Å². The molecule has 0 saturated carbocycles. The first-order chi connectivity index (χ1) is 9.90. The molecule has 1 nitrogen and oxygen atoms in total. The van der Waals surface area contributed by atoms with Crippen LogP contribution in [0.25, 0.3) is 0 Å². The van der Waals surface area contributed by atoms with Crippen LogP contribution in [0.5, 0.6) is 0 Å². The van der Waals surface area contributed by atoms with Gasteiger partial charge in [0.1, 0.15) is 0 Å². The average molecular weight is 286 g/mol. The first kappa shape index (κ1) is 16.3. The zero-order valence-electron chi connectivity index (χ0n) is 14.2. The molecule has 1 heteroatoms. The van der Waals surface area contributed by atoms with Crippen LogP contribution in [0.2, 0.25) is 0 Å². The Morgan fingerprint density at radius 1 is 1.19 bits per heavy atom. The molecule has 1 heterocycles. The van der Waals surface area contributed by atoms with E-state index in [1.807, 2.05) is 0 Å². The van der Waals surface area contributed by atoms with Gasteiger partial charge in [0.05, 0.1) is 11.7 Å². The molecule has 0 radical (unpaired) electrons. The van der Waals surface area contributed by atoms with Crippen LogP contribution >= 0.6 is 0 Å². The maximum absolute atomic E-state index is 5.94. The molecule has 0 N–H and O–H groups in total. The molecule has 21 heavy (non-hydrogen) atoms. The lowest BCUT2D eigenvalue weighted by Gasteiger charge is -2.09. The molecular weight excluding hydrogens is 256 g/mol. The molecule has 0 amide bonds. The highest BCUT2D eigenvalue weighted by Gasteiger charge is 2.50. The summed E-state index contributed by atoms with van der Waals surface area (Å²) in [6, 6.07) is 0. The second kappa shape index (κ2) is 6.79. The van der Waals surface area contributed by atoms with Gasteiger partial charge in [0.2, 0.25) is 0 Å². The molecule has 0 bridgehead atoms. The molecule has 1 aliphatic carbocycles. The molecule has 0 unspecified atom stereocenters. The third-order valence-electron chi connectivity index (χ3n) is 4.88. The van der Waals surface area contributed by atoms with Crippen LogP contribution in [0.1, 0.15) is 66.2 Å². The summed E-state index contributed by atoms with van der Waals surface area (Å²) in [6.07, 6.45) is 14.2. The molecule has 1 fully saturated rings. The molecule has 0 aromatic rings. The minimum absolute atomic E-state index is 0.139. The minimum atomic E-state index is 0.139. The highest BCUT2D eigenvalue weighted by molar-refractivity contribution is 5.31. The van der Waals surface area contributed by atoms with Crippen molar-refractivity contribution in [3.8, 4) is 0 Å². The van der Waals surface area contributed by atoms with E-state index < -0.39 is 0 Å². The van der Waals surface area contributed by atoms with Crippen molar-refractivity contribution in [2.45, 2.75) is 77.9 Å². The van der Waals surface area contributed by atoms with Gasteiger partial charge in [0, 0.05) is 0 Å². The second-order valence-electron chi connectivity index (χ2n) is 7.03. The van der Waals surface area contributed by atoms with Crippen molar-refractivity contribution in [1.82, 2.24) is 0 Å². The fourth-order valence-electron chi connectivity index (χ4n) is 3.04. The van der Waals surface area contributed by atoms with Crippen molar-refractivity contribution in [3.05, 3.63) is 47.1 Å². The summed E-state index contributed by atoms with van der Waals surface area (Å²) in [5.74, 6) is 0. The third-order valence-corrected chi connectivity index (χ3v) is 4.88. The van der Waals surface area contributed by atoms with E-state index in [0.29, 0.717) is 6.10 Å². The first-order valence-electron chi connectivity index (χ1n) is 8.26. The number of epoxide rings is 1. The number of rotatable bonds is 1. The number of hydrogen-bond donors (Lipinski definition) is 0. The quantitative estimate of drug-likeness (QED) is 0.432. The van der Waals surface area contributed by atoms with E-state index in [0.717, 1.165) is 38.5 Å². The lowest BCUT2D eigenvalue weighted by atomic mass is 9.94. The van der Waals surface area contributed by atoms with Crippen molar-refractivity contribution in [2.75, 3.05) is 0 Å². The number of allylic oxidation sites excluding steroid dienone is 7. The fraction of sp³-hybridized carbons (Fsp3) is 0.600. The normalized spacial score (nSPS) is 38.7. The van der Waals surface area contributed by atoms with Crippen LogP contribution in [0.4, 0.5) is 0 Å². The van der Waals surface area contributed by atoms with Crippen LogP contribution in [-0.2, 0) is 4.74 Å². The Kier molecular flexibility index (Phi) is 5.27. The van der Waals surface area contributed by atoms with Gasteiger partial charge in [-0.3, -0.25) is 0 Å². The van der Waals surface area contributed by atoms with E-state index in [2.05, 4.69) is 52.5 Å². The van der Waals surface area contributed by atoms with Crippen LogP contribution in [0.3, 0.4) is 0 Å². The Labute approximate surface area is 130 Å². The Balaban J connectivity index is 2.12. The number of hydrogen-bond acceptors (Lipinski definition) is 1. The van der Waals surface area contributed by atoms with Crippen LogP contribution in [0, 0.1) is 0 Å². The van der Waals surface area contributed by atoms with E-state index in [4.69, 9.17) is 4.74 Å². The monoisotopic (exact) mass is 286 g/mol. The summed E-state index contributed by atoms with van der Waals surface area (Å²) >= 11 is 0. The van der Waals surface area contributed by atoms with Gasteiger partial charge in [-0.05, 0) is 71.8 Å². The highest BCUT2D eigenvalue weighted by Crippen LogP contribution is 2.43. The Morgan fingerprint density at radius 2 is 1.95 bits per heavy atom. The molecule has 1 aliphatic heterocycles. The van der Waals surface area contributed by atoms with Crippen molar-refractivity contribution < 1.29 is 4.74 Å². The van der Waals surface area contributed by atoms with Crippen LogP contribution in [0.15, 0.2) is 47.1 Å². The van der Waals surface area contributed by atoms with Gasteiger partial charge in [-0.2, -0.15) is 0 Å². The fourth-order valence-corrected chi connectivity index (χ4v) is 3.04. The van der Waals surface area contributed by atoms with Crippen LogP contribution in [-0.4, -0.2) is 11.7 Å². The van der Waals surface area contributed by atoms with E-state index in [1.54, 1.807) is 0 Å². The number of fused-ring (bicyclic) bond motifs is 1. The molecule has 116 valence electrons. The lowest BCUT2D eigenvalue weighted by molar-refractivity contribution is 0.295. The summed E-state index contributed by atoms with van der Waals surface area (Å²) in [6.45, 7) is 13.0. The molecule has 2 atom stereocenters. The van der Waals surface area contributed by atoms with Gasteiger partial charge < -0.3 is 4.74 Å². The lowest BCUT2D eigenvalue weighted by Crippen LogP contribution is -2.09. The predicted molar refractivity (Wildman–Crippen MR) is 91.4 cm³/mol. The minimum Gasteiger partial charge on any atom is -0.366 e. The van der Waals surface area contributed by atoms with Crippen LogP contribution < -0.4 is 0 Å². The molecule has 0 spiro atoms. The van der Waals surface area contributed by atoms with Gasteiger partial charge in [0.15, 0.2) is 0 Å². The molecular formula is C20H30O. The first-order valence-corrected chi connectivity index (χ1v) is 8.26. The molecule has 2 aliphatic rings. The average Bonchev–Trinajstić information content (AvgIpc) is 3.06. The molecule has 0 aromatic carbocycles. The second-order valence-corrected chi connectivity index (χ2v) is 7.03. The third kappa shape index (κ3) is 4.71. The Bertz CT molecular complexity index is 492. The zero-order chi connectivity index (χ0) is 15.5. The summed E-state index contributed by atoms with van der Waals surface area (Å²) < 4.78 is 5.94. The van der Waals surface area contributed by atoms with Gasteiger partial charge >= 0.3 is 0 Å². The smallest absolute Gasteiger partial charge is 0.0923 e. The molecule has 2 rings (SSSR count). The summed E-state index contributed by atoms with van der Waals surface area (Å²) in [5, 5.41) is 0. The Hall–Kier alpha value is -1.08. The van der Waals surface area contributed by atoms with E-state index in [-0.39, 0.29) is 5.60 Å². The van der Waals surface area contributed by atoms with E-state index >= 15 is 0 Å². The maximum atomic E-state index is 5.94. The topological polar surface area (TPSA) is 12.5 Å². The highest BCUT2D eigenvalue weighted by atomic mass is 16.6. The number of ether oxygens (including phenoxy) is 1. The molecule has 1 saturated heterocycles. The predicted octanol–water partition coefficient (Wildman–Crippen LogP) is 5.89. The van der Waals surface area contributed by atoms with Gasteiger partial charge in [-0.1, -0.05) is 41.5 Å². The SMILES string of the molecule is C=C(C)/C1=C/C=C(\C)CC[C@H]2O[C@@]2(C)CC/C=C(\C)CC1. The van der Waals surface area contributed by atoms with Gasteiger partial charge in [0.25, 0.3) is 0 Å². The van der Waals surface area contributed by atoms with Crippen molar-refractivity contribution >= 4 is 0 Å². The standard InChI is InChI=1S/C20H30O/c1-15(2)18-11-8-16(3)7-6-14-20(5)19(21-20)13-10-17(4)9-12-18/h7,9,12,19H,1,6,8,10-11,13-14H2,2-5H3/b16-7+,17-9+,18-12+/t19-,20+/m1/s1.